The zero-order valence-corrected chi connectivity index (χ0v) is 11.2. The first-order valence-electron chi connectivity index (χ1n) is 6.14. The van der Waals surface area contributed by atoms with E-state index in [2.05, 4.69) is 4.98 Å². The second-order valence-corrected chi connectivity index (χ2v) is 4.18. The van der Waals surface area contributed by atoms with Crippen molar-refractivity contribution in [3.05, 3.63) is 29.8 Å². The third-order valence-electron chi connectivity index (χ3n) is 2.84. The highest BCUT2D eigenvalue weighted by Crippen LogP contribution is 2.22. The van der Waals surface area contributed by atoms with Gasteiger partial charge < -0.3 is 9.84 Å². The Kier molecular flexibility index (Phi) is 6.38. The number of aliphatic carboxylic acids is 1. The standard InChI is InChI=1S/C13H19FN2O3/c1-3-12(11-5-4-10(14)8-15-11)16(6-7-19-2)9-13(17)18/h4-5,8,12H,3,6-7,9H2,1-2H3,(H,17,18). The minimum absolute atomic E-state index is 0.0963. The SMILES string of the molecule is CCC(c1ccc(F)cn1)N(CCOC)CC(=O)O. The Balaban J connectivity index is 2.87. The molecule has 1 atom stereocenters. The van der Waals surface area contributed by atoms with Gasteiger partial charge in [0.25, 0.3) is 0 Å². The summed E-state index contributed by atoms with van der Waals surface area (Å²) in [6.45, 7) is 2.77. The number of aromatic nitrogens is 1. The Morgan fingerprint density at radius 1 is 1.58 bits per heavy atom. The molecule has 0 radical (unpaired) electrons. The zero-order valence-electron chi connectivity index (χ0n) is 11.2. The van der Waals surface area contributed by atoms with Crippen molar-refractivity contribution in [2.75, 3.05) is 26.8 Å². The number of hydrogen-bond donors (Lipinski definition) is 1. The highest BCUT2D eigenvalue weighted by atomic mass is 19.1. The summed E-state index contributed by atoms with van der Waals surface area (Å²) in [5.74, 6) is -1.31. The lowest BCUT2D eigenvalue weighted by atomic mass is 10.1. The molecule has 0 saturated carbocycles. The molecule has 0 saturated heterocycles. The van der Waals surface area contributed by atoms with Gasteiger partial charge in [-0.15, -0.1) is 0 Å². The molecule has 0 aliphatic heterocycles. The van der Waals surface area contributed by atoms with E-state index in [0.717, 1.165) is 6.20 Å². The first-order valence-corrected chi connectivity index (χ1v) is 6.14. The largest absolute Gasteiger partial charge is 0.480 e. The maximum Gasteiger partial charge on any atom is 0.317 e. The van der Waals surface area contributed by atoms with Crippen LogP contribution in [0, 0.1) is 5.82 Å². The summed E-state index contributed by atoms with van der Waals surface area (Å²) in [6, 6.07) is 2.76. The van der Waals surface area contributed by atoms with Crippen molar-refractivity contribution >= 4 is 5.97 Å². The molecule has 1 unspecified atom stereocenters. The monoisotopic (exact) mass is 270 g/mol. The summed E-state index contributed by atoms with van der Waals surface area (Å²) in [5, 5.41) is 8.96. The molecule has 1 N–H and O–H groups in total. The van der Waals surface area contributed by atoms with Crippen molar-refractivity contribution in [1.29, 1.82) is 0 Å². The van der Waals surface area contributed by atoms with Gasteiger partial charge >= 0.3 is 5.97 Å². The van der Waals surface area contributed by atoms with E-state index in [9.17, 15) is 9.18 Å². The van der Waals surface area contributed by atoms with Gasteiger partial charge in [-0.3, -0.25) is 14.7 Å². The maximum absolute atomic E-state index is 12.9. The zero-order chi connectivity index (χ0) is 14.3. The van der Waals surface area contributed by atoms with Crippen molar-refractivity contribution in [2.24, 2.45) is 0 Å². The van der Waals surface area contributed by atoms with E-state index >= 15 is 0 Å². The van der Waals surface area contributed by atoms with Crippen LogP contribution in [0.3, 0.4) is 0 Å². The van der Waals surface area contributed by atoms with Gasteiger partial charge in [0.05, 0.1) is 31.1 Å². The van der Waals surface area contributed by atoms with Crippen LogP contribution >= 0.6 is 0 Å². The topological polar surface area (TPSA) is 62.7 Å². The van der Waals surface area contributed by atoms with E-state index in [1.807, 2.05) is 6.92 Å². The lowest BCUT2D eigenvalue weighted by Crippen LogP contribution is -2.36. The van der Waals surface area contributed by atoms with Crippen LogP contribution in [0.15, 0.2) is 18.3 Å². The lowest BCUT2D eigenvalue weighted by Gasteiger charge is -2.28. The molecular formula is C13H19FN2O3. The van der Waals surface area contributed by atoms with Gasteiger partial charge in [0.2, 0.25) is 0 Å². The van der Waals surface area contributed by atoms with Crippen LogP contribution in [0.25, 0.3) is 0 Å². The van der Waals surface area contributed by atoms with Crippen LogP contribution in [-0.4, -0.2) is 47.8 Å². The van der Waals surface area contributed by atoms with E-state index in [1.165, 1.54) is 6.07 Å². The third-order valence-corrected chi connectivity index (χ3v) is 2.84. The summed E-state index contributed by atoms with van der Waals surface area (Å²) in [4.78, 5) is 16.7. The second kappa shape index (κ2) is 7.81. The van der Waals surface area contributed by atoms with Gasteiger partial charge in [0.15, 0.2) is 0 Å². The number of hydrogen-bond acceptors (Lipinski definition) is 4. The summed E-state index contributed by atoms with van der Waals surface area (Å²) in [5.41, 5.74) is 0.668. The number of rotatable bonds is 8. The fraction of sp³-hybridized carbons (Fsp3) is 0.538. The molecule has 1 heterocycles. The molecule has 0 amide bonds. The van der Waals surface area contributed by atoms with E-state index < -0.39 is 11.8 Å². The molecule has 6 heteroatoms. The van der Waals surface area contributed by atoms with E-state index in [1.54, 1.807) is 18.1 Å². The molecule has 106 valence electrons. The van der Waals surface area contributed by atoms with Crippen molar-refractivity contribution in [3.63, 3.8) is 0 Å². The molecule has 0 aliphatic rings. The minimum Gasteiger partial charge on any atom is -0.480 e. The molecule has 0 spiro atoms. The Bertz CT molecular complexity index is 397. The maximum atomic E-state index is 12.9. The van der Waals surface area contributed by atoms with Crippen molar-refractivity contribution in [2.45, 2.75) is 19.4 Å². The summed E-state index contributed by atoms with van der Waals surface area (Å²) < 4.78 is 17.9. The molecular weight excluding hydrogens is 251 g/mol. The van der Waals surface area contributed by atoms with Crippen LogP contribution in [0.4, 0.5) is 4.39 Å². The van der Waals surface area contributed by atoms with E-state index in [0.29, 0.717) is 25.3 Å². The van der Waals surface area contributed by atoms with Crippen LogP contribution in [-0.2, 0) is 9.53 Å². The molecule has 0 aromatic carbocycles. The first kappa shape index (κ1) is 15.5. The lowest BCUT2D eigenvalue weighted by molar-refractivity contribution is -0.139. The Labute approximate surface area is 112 Å². The average molecular weight is 270 g/mol. The molecule has 19 heavy (non-hydrogen) atoms. The van der Waals surface area contributed by atoms with Gasteiger partial charge in [0, 0.05) is 13.7 Å². The van der Waals surface area contributed by atoms with Crippen molar-refractivity contribution in [3.8, 4) is 0 Å². The number of pyridine rings is 1. The Morgan fingerprint density at radius 3 is 2.79 bits per heavy atom. The quantitative estimate of drug-likeness (QED) is 0.779. The van der Waals surface area contributed by atoms with E-state index in [-0.39, 0.29) is 12.6 Å². The molecule has 1 aromatic rings. The summed E-state index contributed by atoms with van der Waals surface area (Å²) >= 11 is 0. The summed E-state index contributed by atoms with van der Waals surface area (Å²) in [7, 11) is 1.57. The minimum atomic E-state index is -0.906. The van der Waals surface area contributed by atoms with Gasteiger partial charge in [-0.2, -0.15) is 0 Å². The molecule has 1 rings (SSSR count). The van der Waals surface area contributed by atoms with Crippen LogP contribution in [0.1, 0.15) is 25.1 Å². The van der Waals surface area contributed by atoms with E-state index in [4.69, 9.17) is 9.84 Å². The number of carbonyl (C=O) groups is 1. The van der Waals surface area contributed by atoms with Gasteiger partial charge in [-0.05, 0) is 18.6 Å². The van der Waals surface area contributed by atoms with Crippen LogP contribution in [0.2, 0.25) is 0 Å². The fourth-order valence-corrected chi connectivity index (χ4v) is 1.97. The van der Waals surface area contributed by atoms with Gasteiger partial charge in [-0.1, -0.05) is 6.92 Å². The fourth-order valence-electron chi connectivity index (χ4n) is 1.97. The Hall–Kier alpha value is -1.53. The normalized spacial score (nSPS) is 12.6. The van der Waals surface area contributed by atoms with Gasteiger partial charge in [-0.25, -0.2) is 4.39 Å². The molecule has 0 aliphatic carbocycles. The number of nitrogens with zero attached hydrogens (tertiary/aromatic N) is 2. The Morgan fingerprint density at radius 2 is 2.32 bits per heavy atom. The third kappa shape index (κ3) is 4.92. The predicted molar refractivity (Wildman–Crippen MR) is 68.3 cm³/mol. The number of ether oxygens (including phenoxy) is 1. The second-order valence-electron chi connectivity index (χ2n) is 4.18. The van der Waals surface area contributed by atoms with Crippen LogP contribution < -0.4 is 0 Å². The molecule has 1 aromatic heterocycles. The molecule has 5 nitrogen and oxygen atoms in total. The smallest absolute Gasteiger partial charge is 0.317 e. The number of carboxylic acid groups (broad SMARTS) is 1. The number of halogens is 1. The van der Waals surface area contributed by atoms with Gasteiger partial charge in [0.1, 0.15) is 5.82 Å². The van der Waals surface area contributed by atoms with Crippen LogP contribution in [0.5, 0.6) is 0 Å². The number of carboxylic acids is 1. The predicted octanol–water partition coefficient (Wildman–Crippen LogP) is 1.70. The summed E-state index contributed by atoms with van der Waals surface area (Å²) in [6.07, 6.45) is 1.84. The number of methoxy groups -OCH3 is 1. The van der Waals surface area contributed by atoms with Crippen molar-refractivity contribution in [1.82, 2.24) is 9.88 Å². The van der Waals surface area contributed by atoms with Crippen molar-refractivity contribution < 1.29 is 19.0 Å². The molecule has 0 bridgehead atoms. The highest BCUT2D eigenvalue weighted by molar-refractivity contribution is 5.69. The first-order chi connectivity index (χ1) is 9.08. The molecule has 0 fully saturated rings. The average Bonchev–Trinajstić information content (AvgIpc) is 2.38. The highest BCUT2D eigenvalue weighted by Gasteiger charge is 2.21.